The van der Waals surface area contributed by atoms with Crippen molar-refractivity contribution < 1.29 is 4.48 Å². The summed E-state index contributed by atoms with van der Waals surface area (Å²) in [6.07, 6.45) is 33.3. The molecule has 0 aliphatic rings. The van der Waals surface area contributed by atoms with Crippen LogP contribution >= 0.6 is 46.4 Å². The lowest BCUT2D eigenvalue weighted by Gasteiger charge is -2.44. The molecule has 62 heavy (non-hydrogen) atoms. The van der Waals surface area contributed by atoms with E-state index < -0.39 is 6.15 Å². The maximum Gasteiger partial charge on any atom is 0.108 e. The Kier molecular flexibility index (Phi) is 28.7. The molecule has 1 nitrogen and oxygen atoms in total. The lowest BCUT2D eigenvalue weighted by Crippen LogP contribution is -2.74. The SMILES string of the molecule is CCCCCCCC[N+](CCCCCCCC)(CCCCCCCC)CCCCCCCC.Clc1ccc([B-](c2ccc(Cl)cc2)(c2ccc(Cl)cc2)c2ccc(Cl)cc2)cc1. The number of quaternary nitrogens is 1. The predicted molar refractivity (Wildman–Crippen MR) is 283 cm³/mol. The molecule has 6 heteroatoms. The molecule has 0 aromatic heterocycles. The Bertz CT molecular complexity index is 1420. The van der Waals surface area contributed by atoms with Crippen LogP contribution in [0.25, 0.3) is 0 Å². The molecule has 0 unspecified atom stereocenters. The fourth-order valence-corrected chi connectivity index (χ4v) is 10.2. The minimum Gasteiger partial charge on any atom is -0.324 e. The second-order valence-corrected chi connectivity index (χ2v) is 20.1. The maximum absolute atomic E-state index is 6.22. The summed E-state index contributed by atoms with van der Waals surface area (Å²) in [6, 6.07) is 32.1. The summed E-state index contributed by atoms with van der Waals surface area (Å²) in [5, 5.41) is 2.78. The van der Waals surface area contributed by atoms with E-state index in [1.165, 1.54) is 185 Å². The van der Waals surface area contributed by atoms with Crippen LogP contribution in [0.4, 0.5) is 0 Å². The summed E-state index contributed by atoms with van der Waals surface area (Å²) < 4.78 is 1.48. The number of hydrogen-bond acceptors (Lipinski definition) is 0. The van der Waals surface area contributed by atoms with Gasteiger partial charge in [0.05, 0.1) is 26.2 Å². The predicted octanol–water partition coefficient (Wildman–Crippen LogP) is 16.9. The average Bonchev–Trinajstić information content (AvgIpc) is 3.28. The van der Waals surface area contributed by atoms with Crippen LogP contribution in [0.1, 0.15) is 182 Å². The Balaban J connectivity index is 0.000000332. The lowest BCUT2D eigenvalue weighted by atomic mass is 9.13. The molecule has 4 aromatic rings. The monoisotopic (exact) mass is 922 g/mol. The molecule has 0 radical (unpaired) electrons. The summed E-state index contributed by atoms with van der Waals surface area (Å²) in [5.41, 5.74) is 4.56. The standard InChI is InChI=1S/C32H68N.C24H16BCl4/c1-5-9-13-17-21-25-29-33(30-26-22-18-14-10-6-2,31-27-23-19-15-11-7-3)32-28-24-20-16-12-8-4;26-21-9-1-17(2-10-21)25(18-3-11-22(27)12-4-18,19-5-13-23(28)14-6-19)20-7-15-24(29)16-8-20/h5-32H2,1-4H3;1-16H/q+1;-1. The van der Waals surface area contributed by atoms with Gasteiger partial charge in [-0.05, 0) is 99.9 Å². The van der Waals surface area contributed by atoms with Gasteiger partial charge in [-0.1, -0.05) is 225 Å². The van der Waals surface area contributed by atoms with Gasteiger partial charge in [0.25, 0.3) is 0 Å². The average molecular weight is 924 g/mol. The third-order valence-electron chi connectivity index (χ3n) is 13.4. The number of unbranched alkanes of at least 4 members (excludes halogenated alkanes) is 20. The van der Waals surface area contributed by atoms with Crippen LogP contribution in [0.2, 0.25) is 20.1 Å². The number of hydrogen-bond donors (Lipinski definition) is 0. The molecule has 0 aliphatic heterocycles. The Morgan fingerprint density at radius 3 is 0.645 bits per heavy atom. The van der Waals surface area contributed by atoms with E-state index in [0.29, 0.717) is 20.1 Å². The first-order valence-electron chi connectivity index (χ1n) is 25.3. The van der Waals surface area contributed by atoms with E-state index in [0.717, 1.165) is 21.9 Å². The molecule has 4 aromatic carbocycles. The normalized spacial score (nSPS) is 11.7. The van der Waals surface area contributed by atoms with E-state index in [-0.39, 0.29) is 0 Å². The maximum atomic E-state index is 6.22. The highest BCUT2D eigenvalue weighted by Gasteiger charge is 2.32. The second kappa shape index (κ2) is 32.7. The molecule has 0 heterocycles. The van der Waals surface area contributed by atoms with E-state index in [1.807, 2.05) is 48.5 Å². The van der Waals surface area contributed by atoms with Gasteiger partial charge in [-0.2, -0.15) is 21.9 Å². The van der Waals surface area contributed by atoms with Crippen molar-refractivity contribution in [3.63, 3.8) is 0 Å². The molecule has 344 valence electrons. The zero-order valence-electron chi connectivity index (χ0n) is 39.6. The van der Waals surface area contributed by atoms with Gasteiger partial charge < -0.3 is 4.48 Å². The van der Waals surface area contributed by atoms with E-state index in [2.05, 4.69) is 76.2 Å². The van der Waals surface area contributed by atoms with Gasteiger partial charge in [0.2, 0.25) is 0 Å². The van der Waals surface area contributed by atoms with Crippen molar-refractivity contribution in [2.24, 2.45) is 0 Å². The number of halogens is 4. The molecule has 0 N–H and O–H groups in total. The summed E-state index contributed by atoms with van der Waals surface area (Å²) in [5.74, 6) is 0. The van der Waals surface area contributed by atoms with Crippen molar-refractivity contribution in [3.8, 4) is 0 Å². The Hall–Kier alpha value is -1.94. The van der Waals surface area contributed by atoms with E-state index >= 15 is 0 Å². The molecule has 0 saturated carbocycles. The van der Waals surface area contributed by atoms with Crippen LogP contribution in [0.5, 0.6) is 0 Å². The van der Waals surface area contributed by atoms with E-state index in [9.17, 15) is 0 Å². The van der Waals surface area contributed by atoms with Crippen molar-refractivity contribution in [1.82, 2.24) is 0 Å². The highest BCUT2D eigenvalue weighted by atomic mass is 35.5. The topological polar surface area (TPSA) is 0 Å². The van der Waals surface area contributed by atoms with Crippen LogP contribution in [0.3, 0.4) is 0 Å². The van der Waals surface area contributed by atoms with Crippen molar-refractivity contribution in [3.05, 3.63) is 117 Å². The first-order valence-corrected chi connectivity index (χ1v) is 26.8. The Morgan fingerprint density at radius 2 is 0.452 bits per heavy atom. The van der Waals surface area contributed by atoms with Gasteiger partial charge in [-0.25, -0.2) is 0 Å². The van der Waals surface area contributed by atoms with Gasteiger partial charge in [-0.3, -0.25) is 0 Å². The fourth-order valence-electron chi connectivity index (χ4n) is 9.74. The number of benzene rings is 4. The van der Waals surface area contributed by atoms with E-state index in [1.54, 1.807) is 0 Å². The van der Waals surface area contributed by atoms with Gasteiger partial charge in [-0.15, -0.1) is 0 Å². The van der Waals surface area contributed by atoms with Crippen LogP contribution in [0.15, 0.2) is 97.1 Å². The van der Waals surface area contributed by atoms with Crippen molar-refractivity contribution in [2.45, 2.75) is 182 Å². The first kappa shape index (κ1) is 54.4. The molecule has 4 rings (SSSR count). The van der Waals surface area contributed by atoms with Crippen LogP contribution in [-0.4, -0.2) is 36.8 Å². The quantitative estimate of drug-likeness (QED) is 0.0260. The first-order chi connectivity index (χ1) is 30.2. The van der Waals surface area contributed by atoms with Gasteiger partial charge >= 0.3 is 0 Å². The molecule has 0 spiro atoms. The van der Waals surface area contributed by atoms with Gasteiger partial charge in [0.15, 0.2) is 0 Å². The Labute approximate surface area is 401 Å². The van der Waals surface area contributed by atoms with E-state index in [4.69, 9.17) is 46.4 Å². The molecule has 0 amide bonds. The fraction of sp³-hybridized carbons (Fsp3) is 0.571. The number of nitrogens with zero attached hydrogens (tertiary/aromatic N) is 1. The smallest absolute Gasteiger partial charge is 0.108 e. The minimum absolute atomic E-state index is 0.696. The minimum atomic E-state index is -1.51. The summed E-state index contributed by atoms with van der Waals surface area (Å²) in [4.78, 5) is 0. The van der Waals surface area contributed by atoms with Crippen molar-refractivity contribution in [2.75, 3.05) is 26.2 Å². The summed E-state index contributed by atoms with van der Waals surface area (Å²) in [6.45, 7) is 15.3. The number of rotatable bonds is 32. The molecular formula is C56H84BCl4N. The van der Waals surface area contributed by atoms with Crippen LogP contribution < -0.4 is 21.9 Å². The highest BCUT2D eigenvalue weighted by molar-refractivity contribution is 7.19. The Morgan fingerprint density at radius 1 is 0.274 bits per heavy atom. The molecule has 0 atom stereocenters. The second-order valence-electron chi connectivity index (χ2n) is 18.4. The zero-order chi connectivity index (χ0) is 44.7. The largest absolute Gasteiger partial charge is 0.324 e. The molecule has 0 saturated heterocycles. The van der Waals surface area contributed by atoms with Gasteiger partial charge in [0.1, 0.15) is 6.15 Å². The summed E-state index contributed by atoms with van der Waals surface area (Å²) in [7, 11) is 0. The summed E-state index contributed by atoms with van der Waals surface area (Å²) >= 11 is 24.9. The van der Waals surface area contributed by atoms with Crippen molar-refractivity contribution >= 4 is 74.4 Å². The third kappa shape index (κ3) is 19.7. The third-order valence-corrected chi connectivity index (χ3v) is 14.4. The van der Waals surface area contributed by atoms with Gasteiger partial charge in [0, 0.05) is 20.1 Å². The molecule has 0 aliphatic carbocycles. The van der Waals surface area contributed by atoms with Crippen LogP contribution in [-0.2, 0) is 0 Å². The molecule has 0 fully saturated rings. The highest BCUT2D eigenvalue weighted by Crippen LogP contribution is 2.22. The lowest BCUT2D eigenvalue weighted by molar-refractivity contribution is -0.929. The molecule has 0 bridgehead atoms. The zero-order valence-corrected chi connectivity index (χ0v) is 42.6. The molecular weight excluding hydrogens is 839 g/mol. The van der Waals surface area contributed by atoms with Crippen molar-refractivity contribution in [1.29, 1.82) is 0 Å². The van der Waals surface area contributed by atoms with Crippen LogP contribution in [0, 0.1) is 0 Å².